The maximum Gasteiger partial charge on any atom is 0.119 e. The minimum Gasteiger partial charge on any atom is -0.489 e. The Balaban J connectivity index is 1.67. The van der Waals surface area contributed by atoms with Crippen molar-refractivity contribution in [3.8, 4) is 5.75 Å². The summed E-state index contributed by atoms with van der Waals surface area (Å²) in [6.45, 7) is 0.767. The predicted molar refractivity (Wildman–Crippen MR) is 107 cm³/mol. The highest BCUT2D eigenvalue weighted by Gasteiger charge is 2.12. The van der Waals surface area contributed by atoms with Crippen LogP contribution in [0.1, 0.15) is 12.0 Å². The van der Waals surface area contributed by atoms with Crippen LogP contribution in [0.15, 0.2) is 67.3 Å². The van der Waals surface area contributed by atoms with Crippen LogP contribution in [0.4, 0.5) is 5.69 Å². The maximum atomic E-state index is 6.27. The summed E-state index contributed by atoms with van der Waals surface area (Å²) in [7, 11) is 4.06. The molecular formula is C21H24ClN3O. The zero-order chi connectivity index (χ0) is 18.4. The highest BCUT2D eigenvalue weighted by atomic mass is 35.5. The van der Waals surface area contributed by atoms with Crippen LogP contribution in [0, 0.1) is 0 Å². The molecule has 0 spiro atoms. The molecule has 0 radical (unpaired) electrons. The Labute approximate surface area is 160 Å². The second-order valence-electron chi connectivity index (χ2n) is 6.55. The summed E-state index contributed by atoms with van der Waals surface area (Å²) in [6.07, 6.45) is 7.50. The van der Waals surface area contributed by atoms with Crippen molar-refractivity contribution in [2.24, 2.45) is 0 Å². The fourth-order valence-corrected chi connectivity index (χ4v) is 2.94. The Kier molecular flexibility index (Phi) is 6.18. The quantitative estimate of drug-likeness (QED) is 0.577. The van der Waals surface area contributed by atoms with E-state index in [1.165, 1.54) is 5.56 Å². The summed E-state index contributed by atoms with van der Waals surface area (Å²) in [5.74, 6) is 0.886. The molecule has 1 aromatic heterocycles. The molecular weight excluding hydrogens is 346 g/mol. The molecule has 1 atom stereocenters. The van der Waals surface area contributed by atoms with Crippen molar-refractivity contribution in [3.63, 3.8) is 0 Å². The normalized spacial score (nSPS) is 12.0. The fraction of sp³-hybridized carbons (Fsp3) is 0.286. The van der Waals surface area contributed by atoms with Gasteiger partial charge in [0.2, 0.25) is 0 Å². The molecule has 0 amide bonds. The lowest BCUT2D eigenvalue weighted by atomic mass is 10.1. The van der Waals surface area contributed by atoms with E-state index in [1.54, 1.807) is 6.20 Å². The average molecular weight is 370 g/mol. The number of benzene rings is 2. The van der Waals surface area contributed by atoms with Gasteiger partial charge >= 0.3 is 0 Å². The van der Waals surface area contributed by atoms with Gasteiger partial charge in [0.15, 0.2) is 0 Å². The van der Waals surface area contributed by atoms with Crippen molar-refractivity contribution >= 4 is 17.3 Å². The van der Waals surface area contributed by atoms with Crippen LogP contribution in [0.5, 0.6) is 5.75 Å². The Morgan fingerprint density at radius 2 is 1.81 bits per heavy atom. The van der Waals surface area contributed by atoms with Gasteiger partial charge in [0.25, 0.3) is 0 Å². The minimum absolute atomic E-state index is 0.0603. The first-order valence-corrected chi connectivity index (χ1v) is 9.12. The van der Waals surface area contributed by atoms with Crippen LogP contribution in [-0.4, -0.2) is 29.8 Å². The second-order valence-corrected chi connectivity index (χ2v) is 6.99. The number of hydrogen-bond donors (Lipinski definition) is 0. The molecule has 0 N–H and O–H groups in total. The zero-order valence-corrected chi connectivity index (χ0v) is 15.9. The molecule has 3 rings (SSSR count). The topological polar surface area (TPSA) is 30.3 Å². The second kappa shape index (κ2) is 8.77. The summed E-state index contributed by atoms with van der Waals surface area (Å²) in [5, 5.41) is 0.765. The number of aromatic nitrogens is 2. The molecule has 26 heavy (non-hydrogen) atoms. The summed E-state index contributed by atoms with van der Waals surface area (Å²) in [5.41, 5.74) is 2.42. The largest absolute Gasteiger partial charge is 0.489 e. The number of ether oxygens (including phenoxy) is 1. The molecule has 0 bridgehead atoms. The van der Waals surface area contributed by atoms with Gasteiger partial charge in [-0.15, -0.1) is 0 Å². The van der Waals surface area contributed by atoms with Gasteiger partial charge in [-0.05, 0) is 54.8 Å². The van der Waals surface area contributed by atoms with E-state index in [9.17, 15) is 0 Å². The van der Waals surface area contributed by atoms with Gasteiger partial charge in [-0.2, -0.15) is 0 Å². The molecule has 0 saturated heterocycles. The van der Waals surface area contributed by atoms with E-state index in [-0.39, 0.29) is 6.10 Å². The van der Waals surface area contributed by atoms with Crippen LogP contribution >= 0.6 is 11.6 Å². The highest BCUT2D eigenvalue weighted by Crippen LogP contribution is 2.21. The molecule has 2 aromatic carbocycles. The van der Waals surface area contributed by atoms with E-state index < -0.39 is 0 Å². The molecule has 1 unspecified atom stereocenters. The molecule has 1 heterocycles. The number of aryl methyl sites for hydroxylation is 1. The van der Waals surface area contributed by atoms with E-state index >= 15 is 0 Å². The van der Waals surface area contributed by atoms with E-state index in [0.29, 0.717) is 0 Å². The monoisotopic (exact) mass is 369 g/mol. The number of imidazole rings is 1. The van der Waals surface area contributed by atoms with Crippen molar-refractivity contribution in [2.75, 3.05) is 19.0 Å². The first kappa shape index (κ1) is 18.3. The summed E-state index contributed by atoms with van der Waals surface area (Å²) in [6, 6.07) is 16.2. The SMILES string of the molecule is CN(C)c1ccc(OC(CCc2ccc(Cl)cc2)Cn2ccnc2)cc1. The lowest BCUT2D eigenvalue weighted by Gasteiger charge is -2.21. The first-order chi connectivity index (χ1) is 12.6. The van der Waals surface area contributed by atoms with Crippen molar-refractivity contribution in [1.29, 1.82) is 0 Å². The average Bonchev–Trinajstić information content (AvgIpc) is 3.14. The van der Waals surface area contributed by atoms with Gasteiger partial charge in [0, 0.05) is 37.2 Å². The number of nitrogens with zero attached hydrogens (tertiary/aromatic N) is 3. The van der Waals surface area contributed by atoms with E-state index in [0.717, 1.165) is 35.8 Å². The molecule has 0 aliphatic rings. The summed E-state index contributed by atoms with van der Waals surface area (Å²) < 4.78 is 8.33. The van der Waals surface area contributed by atoms with E-state index in [2.05, 4.69) is 38.7 Å². The molecule has 0 saturated carbocycles. The Morgan fingerprint density at radius 1 is 1.08 bits per heavy atom. The van der Waals surface area contributed by atoms with Crippen molar-refractivity contribution in [2.45, 2.75) is 25.5 Å². The first-order valence-electron chi connectivity index (χ1n) is 8.74. The smallest absolute Gasteiger partial charge is 0.119 e. The van der Waals surface area contributed by atoms with Crippen LogP contribution in [0.3, 0.4) is 0 Å². The number of hydrogen-bond acceptors (Lipinski definition) is 3. The molecule has 136 valence electrons. The van der Waals surface area contributed by atoms with E-state index in [4.69, 9.17) is 16.3 Å². The van der Waals surface area contributed by atoms with Gasteiger partial charge in [-0.1, -0.05) is 23.7 Å². The highest BCUT2D eigenvalue weighted by molar-refractivity contribution is 6.30. The zero-order valence-electron chi connectivity index (χ0n) is 15.2. The third kappa shape index (κ3) is 5.27. The predicted octanol–water partition coefficient (Wildman–Crippen LogP) is 4.68. The van der Waals surface area contributed by atoms with E-state index in [1.807, 2.05) is 50.9 Å². The van der Waals surface area contributed by atoms with Crippen LogP contribution < -0.4 is 9.64 Å². The van der Waals surface area contributed by atoms with Gasteiger partial charge in [-0.25, -0.2) is 4.98 Å². The Hall–Kier alpha value is -2.46. The maximum absolute atomic E-state index is 6.27. The lowest BCUT2D eigenvalue weighted by molar-refractivity contribution is 0.170. The van der Waals surface area contributed by atoms with Crippen molar-refractivity contribution in [3.05, 3.63) is 77.8 Å². The number of anilines is 1. The molecule has 0 aliphatic heterocycles. The third-order valence-electron chi connectivity index (χ3n) is 4.30. The Morgan fingerprint density at radius 3 is 2.42 bits per heavy atom. The molecule has 0 fully saturated rings. The van der Waals surface area contributed by atoms with Gasteiger partial charge in [-0.3, -0.25) is 0 Å². The third-order valence-corrected chi connectivity index (χ3v) is 4.55. The fourth-order valence-electron chi connectivity index (χ4n) is 2.81. The number of rotatable bonds is 8. The molecule has 3 aromatic rings. The number of halogens is 1. The van der Waals surface area contributed by atoms with Gasteiger partial charge in [0.1, 0.15) is 11.9 Å². The standard InChI is InChI=1S/C21H24ClN3O/c1-24(2)19-8-11-20(12-9-19)26-21(15-25-14-13-23-16-25)10-5-17-3-6-18(22)7-4-17/h3-4,6-9,11-14,16,21H,5,10,15H2,1-2H3. The van der Waals surface area contributed by atoms with Crippen LogP contribution in [0.2, 0.25) is 5.02 Å². The van der Waals surface area contributed by atoms with Gasteiger partial charge < -0.3 is 14.2 Å². The van der Waals surface area contributed by atoms with Gasteiger partial charge in [0.05, 0.1) is 12.9 Å². The molecule has 0 aliphatic carbocycles. The summed E-state index contributed by atoms with van der Waals surface area (Å²) >= 11 is 5.97. The lowest BCUT2D eigenvalue weighted by Crippen LogP contribution is -2.23. The van der Waals surface area contributed by atoms with Crippen molar-refractivity contribution < 1.29 is 4.74 Å². The Bertz CT molecular complexity index is 783. The minimum atomic E-state index is 0.0603. The molecule has 4 nitrogen and oxygen atoms in total. The van der Waals surface area contributed by atoms with Crippen LogP contribution in [-0.2, 0) is 13.0 Å². The molecule has 5 heteroatoms. The summed E-state index contributed by atoms with van der Waals surface area (Å²) in [4.78, 5) is 6.21. The van der Waals surface area contributed by atoms with Crippen LogP contribution in [0.25, 0.3) is 0 Å². The van der Waals surface area contributed by atoms with Crippen molar-refractivity contribution in [1.82, 2.24) is 9.55 Å².